The second-order valence-corrected chi connectivity index (χ2v) is 7.80. The number of rotatable bonds is 5. The van der Waals surface area contributed by atoms with Gasteiger partial charge in [-0.3, -0.25) is 14.3 Å². The zero-order chi connectivity index (χ0) is 19.8. The van der Waals surface area contributed by atoms with Gasteiger partial charge >= 0.3 is 5.69 Å². The van der Waals surface area contributed by atoms with E-state index in [0.29, 0.717) is 28.6 Å². The molecule has 4 aromatic rings. The molecule has 0 aliphatic rings. The van der Waals surface area contributed by atoms with Gasteiger partial charge in [0.2, 0.25) is 0 Å². The number of hydrogen-bond donors (Lipinski definition) is 1. The molecule has 0 saturated carbocycles. The Balaban J connectivity index is 1.81. The third-order valence-corrected chi connectivity index (χ3v) is 5.66. The Bertz CT molecular complexity index is 1320. The van der Waals surface area contributed by atoms with E-state index in [4.69, 9.17) is 0 Å². The topological polar surface area (TPSA) is 72.7 Å². The predicted octanol–water partition coefficient (Wildman–Crippen LogP) is 3.44. The van der Waals surface area contributed by atoms with Crippen LogP contribution in [0.15, 0.2) is 69.4 Å². The van der Waals surface area contributed by atoms with Gasteiger partial charge in [0.05, 0.1) is 0 Å². The number of thioether (sulfide) groups is 1. The summed E-state index contributed by atoms with van der Waals surface area (Å²) in [6, 6.07) is 14.5. The van der Waals surface area contributed by atoms with Crippen molar-refractivity contribution in [2.45, 2.75) is 24.4 Å². The summed E-state index contributed by atoms with van der Waals surface area (Å²) >= 11 is 1.55. The highest BCUT2D eigenvalue weighted by molar-refractivity contribution is 7.98. The zero-order valence-corrected chi connectivity index (χ0v) is 16.5. The van der Waals surface area contributed by atoms with Crippen LogP contribution < -0.4 is 11.2 Å². The molecule has 4 rings (SSSR count). The van der Waals surface area contributed by atoms with Crippen molar-refractivity contribution in [1.29, 1.82) is 0 Å². The molecule has 0 spiro atoms. The van der Waals surface area contributed by atoms with Crippen molar-refractivity contribution in [3.8, 4) is 0 Å². The Morgan fingerprint density at radius 1 is 1.18 bits per heavy atom. The smallest absolute Gasteiger partial charge is 0.309 e. The average Bonchev–Trinajstić information content (AvgIpc) is 3.03. The molecule has 0 aliphatic heterocycles. The molecule has 142 valence electrons. The van der Waals surface area contributed by atoms with Gasteiger partial charge in [0.1, 0.15) is 0 Å². The number of allylic oxidation sites excluding steroid dienone is 1. The molecule has 0 amide bonds. The van der Waals surface area contributed by atoms with E-state index in [9.17, 15) is 9.59 Å². The minimum atomic E-state index is -0.469. The van der Waals surface area contributed by atoms with E-state index in [1.54, 1.807) is 18.8 Å². The van der Waals surface area contributed by atoms with Gasteiger partial charge < -0.3 is 4.57 Å². The van der Waals surface area contributed by atoms with Gasteiger partial charge in [0, 0.05) is 19.3 Å². The van der Waals surface area contributed by atoms with Crippen LogP contribution in [0.2, 0.25) is 0 Å². The molecule has 0 aliphatic carbocycles. The summed E-state index contributed by atoms with van der Waals surface area (Å²) in [6.45, 7) is 6.34. The molecule has 7 heteroatoms. The molecule has 1 N–H and O–H groups in total. The first kappa shape index (κ1) is 18.3. The lowest BCUT2D eigenvalue weighted by Crippen LogP contribution is -2.29. The van der Waals surface area contributed by atoms with E-state index in [1.807, 2.05) is 29.7 Å². The summed E-state index contributed by atoms with van der Waals surface area (Å²) in [7, 11) is 1.61. The van der Waals surface area contributed by atoms with Crippen LogP contribution in [-0.4, -0.2) is 19.1 Å². The number of nitrogens with zero attached hydrogens (tertiary/aromatic N) is 3. The fourth-order valence-corrected chi connectivity index (χ4v) is 4.30. The first-order valence-corrected chi connectivity index (χ1v) is 9.87. The summed E-state index contributed by atoms with van der Waals surface area (Å²) in [5.74, 6) is 0.701. The third kappa shape index (κ3) is 3.18. The molecule has 6 nitrogen and oxygen atoms in total. The normalized spacial score (nSPS) is 11.4. The summed E-state index contributed by atoms with van der Waals surface area (Å²) < 4.78 is 3.21. The zero-order valence-electron chi connectivity index (χ0n) is 15.7. The monoisotopic (exact) mass is 392 g/mol. The molecule has 0 unspecified atom stereocenters. The number of aryl methyl sites for hydroxylation is 1. The van der Waals surface area contributed by atoms with Gasteiger partial charge in [-0.2, -0.15) is 0 Å². The molecule has 2 heterocycles. The summed E-state index contributed by atoms with van der Waals surface area (Å²) in [5, 5.41) is 3.08. The van der Waals surface area contributed by atoms with Crippen LogP contribution in [0.3, 0.4) is 0 Å². The Labute approximate surface area is 165 Å². The summed E-state index contributed by atoms with van der Waals surface area (Å²) in [4.78, 5) is 31.4. The second kappa shape index (κ2) is 7.16. The van der Waals surface area contributed by atoms with E-state index in [-0.39, 0.29) is 0 Å². The summed E-state index contributed by atoms with van der Waals surface area (Å²) in [6.07, 6.45) is 0. The molecule has 0 saturated heterocycles. The van der Waals surface area contributed by atoms with Crippen LogP contribution in [0.5, 0.6) is 0 Å². The molecular weight excluding hydrogens is 372 g/mol. The fraction of sp³-hybridized carbons (Fsp3) is 0.190. The van der Waals surface area contributed by atoms with Crippen LogP contribution in [0.1, 0.15) is 12.5 Å². The van der Waals surface area contributed by atoms with Gasteiger partial charge in [-0.15, -0.1) is 0 Å². The predicted molar refractivity (Wildman–Crippen MR) is 114 cm³/mol. The van der Waals surface area contributed by atoms with Crippen LogP contribution in [0, 0.1) is 0 Å². The molecule has 0 fully saturated rings. The average molecular weight is 392 g/mol. The van der Waals surface area contributed by atoms with Crippen LogP contribution >= 0.6 is 11.8 Å². The molecule has 28 heavy (non-hydrogen) atoms. The number of nitrogens with one attached hydrogen (secondary N) is 1. The van der Waals surface area contributed by atoms with E-state index >= 15 is 0 Å². The molecular formula is C21H20N4O2S. The number of H-pyrrole nitrogens is 1. The highest BCUT2D eigenvalue weighted by atomic mass is 32.2. The van der Waals surface area contributed by atoms with Gasteiger partial charge in [-0.05, 0) is 23.3 Å². The van der Waals surface area contributed by atoms with Crippen molar-refractivity contribution in [2.24, 2.45) is 7.05 Å². The lowest BCUT2D eigenvalue weighted by Gasteiger charge is -2.09. The number of imidazole rings is 1. The highest BCUT2D eigenvalue weighted by Gasteiger charge is 2.18. The molecule has 0 radical (unpaired) electrons. The van der Waals surface area contributed by atoms with Gasteiger partial charge in [0.15, 0.2) is 16.3 Å². The first-order chi connectivity index (χ1) is 13.5. The van der Waals surface area contributed by atoms with Crippen molar-refractivity contribution >= 4 is 33.7 Å². The Kier molecular flexibility index (Phi) is 4.68. The second-order valence-electron chi connectivity index (χ2n) is 6.86. The summed E-state index contributed by atoms with van der Waals surface area (Å²) in [5.41, 5.74) is 1.98. The van der Waals surface area contributed by atoms with Gasteiger partial charge in [0.25, 0.3) is 5.56 Å². The highest BCUT2D eigenvalue weighted by Crippen LogP contribution is 2.28. The first-order valence-electron chi connectivity index (χ1n) is 8.89. The largest absolute Gasteiger partial charge is 0.329 e. The molecule has 2 aromatic carbocycles. The minimum absolute atomic E-state index is 0.385. The SMILES string of the molecule is C=C(C)Cn1c(SCc2cccc3ccccc23)nc2c1c(=O)[nH]c(=O)n2C. The maximum atomic E-state index is 12.4. The third-order valence-electron chi connectivity index (χ3n) is 4.64. The van der Waals surface area contributed by atoms with E-state index < -0.39 is 11.2 Å². The minimum Gasteiger partial charge on any atom is -0.309 e. The Morgan fingerprint density at radius 2 is 1.93 bits per heavy atom. The lowest BCUT2D eigenvalue weighted by molar-refractivity contribution is 0.719. The van der Waals surface area contributed by atoms with E-state index in [0.717, 1.165) is 5.57 Å². The van der Waals surface area contributed by atoms with Crippen LogP contribution in [0.4, 0.5) is 0 Å². The van der Waals surface area contributed by atoms with Crippen molar-refractivity contribution in [3.63, 3.8) is 0 Å². The number of aromatic amines is 1. The maximum Gasteiger partial charge on any atom is 0.329 e. The van der Waals surface area contributed by atoms with E-state index in [2.05, 4.69) is 40.8 Å². The van der Waals surface area contributed by atoms with Crippen molar-refractivity contribution in [2.75, 3.05) is 0 Å². The number of hydrogen-bond acceptors (Lipinski definition) is 4. The Morgan fingerprint density at radius 3 is 2.71 bits per heavy atom. The van der Waals surface area contributed by atoms with E-state index in [1.165, 1.54) is 20.9 Å². The molecule has 0 bridgehead atoms. The van der Waals surface area contributed by atoms with Crippen molar-refractivity contribution < 1.29 is 0 Å². The van der Waals surface area contributed by atoms with Gasteiger partial charge in [-0.1, -0.05) is 66.4 Å². The fourth-order valence-electron chi connectivity index (χ4n) is 3.30. The number of aromatic nitrogens is 4. The van der Waals surface area contributed by atoms with Crippen LogP contribution in [-0.2, 0) is 19.3 Å². The number of fused-ring (bicyclic) bond motifs is 2. The van der Waals surface area contributed by atoms with Gasteiger partial charge in [-0.25, -0.2) is 9.78 Å². The number of benzene rings is 2. The van der Waals surface area contributed by atoms with Crippen molar-refractivity contribution in [3.05, 3.63) is 81.0 Å². The Hall–Kier alpha value is -3.06. The van der Waals surface area contributed by atoms with Crippen LogP contribution in [0.25, 0.3) is 21.9 Å². The molecule has 2 aromatic heterocycles. The lowest BCUT2D eigenvalue weighted by atomic mass is 10.1. The van der Waals surface area contributed by atoms with Crippen molar-refractivity contribution in [1.82, 2.24) is 19.1 Å². The maximum absolute atomic E-state index is 12.4. The molecule has 0 atom stereocenters. The quantitative estimate of drug-likeness (QED) is 0.417. The standard InChI is InChI=1S/C21H20N4O2S/c1-13(2)11-25-17-18(24(3)20(27)23-19(17)26)22-21(25)28-12-15-9-6-8-14-7-4-5-10-16(14)15/h4-10H,1,11-12H2,2-3H3,(H,23,26,27).